The number of likely N-dealkylation sites (N-methyl/N-ethyl adjacent to an activating group) is 1. The number of ketones is 1. The van der Waals surface area contributed by atoms with Gasteiger partial charge in [-0.05, 0) is 13.1 Å². The van der Waals surface area contributed by atoms with Crippen LogP contribution < -0.4 is 14.8 Å². The van der Waals surface area contributed by atoms with Crippen LogP contribution in [0.15, 0.2) is 12.1 Å². The van der Waals surface area contributed by atoms with E-state index in [1.807, 2.05) is 0 Å². The molecule has 4 nitrogen and oxygen atoms in total. The van der Waals surface area contributed by atoms with Crippen LogP contribution in [-0.4, -0.2) is 33.6 Å². The number of benzene rings is 1. The number of nitrogens with one attached hydrogen (secondary N) is 1. The molecule has 0 unspecified atom stereocenters. The molecule has 0 aliphatic carbocycles. The van der Waals surface area contributed by atoms with Crippen molar-refractivity contribution in [1.29, 1.82) is 0 Å². The zero-order valence-electron chi connectivity index (χ0n) is 9.46. The molecule has 0 bridgehead atoms. The van der Waals surface area contributed by atoms with E-state index in [1.54, 1.807) is 19.2 Å². The van der Waals surface area contributed by atoms with Crippen LogP contribution in [0.3, 0.4) is 0 Å². The first kappa shape index (κ1) is 12.8. The average molecular weight is 244 g/mol. The third kappa shape index (κ3) is 2.65. The Morgan fingerprint density at radius 1 is 1.31 bits per heavy atom. The van der Waals surface area contributed by atoms with Crippen LogP contribution in [0.2, 0.25) is 5.02 Å². The molecule has 1 aromatic rings. The van der Waals surface area contributed by atoms with Crippen molar-refractivity contribution in [2.45, 2.75) is 0 Å². The molecule has 0 amide bonds. The van der Waals surface area contributed by atoms with E-state index in [-0.39, 0.29) is 12.3 Å². The number of halogens is 1. The molecular formula is C11H14ClNO3. The largest absolute Gasteiger partial charge is 0.493 e. The van der Waals surface area contributed by atoms with Crippen molar-refractivity contribution in [3.8, 4) is 11.5 Å². The maximum atomic E-state index is 11.7. The molecule has 1 N–H and O–H groups in total. The van der Waals surface area contributed by atoms with Crippen LogP contribution in [0.4, 0.5) is 0 Å². The lowest BCUT2D eigenvalue weighted by atomic mass is 10.1. The van der Waals surface area contributed by atoms with E-state index in [9.17, 15) is 4.79 Å². The highest BCUT2D eigenvalue weighted by atomic mass is 35.5. The van der Waals surface area contributed by atoms with Crippen LogP contribution in [0.5, 0.6) is 11.5 Å². The Kier molecular flexibility index (Phi) is 4.58. The Labute approximate surface area is 99.5 Å². The Morgan fingerprint density at radius 3 is 2.38 bits per heavy atom. The monoisotopic (exact) mass is 243 g/mol. The second-order valence-corrected chi connectivity index (χ2v) is 3.55. The minimum Gasteiger partial charge on any atom is -0.493 e. The van der Waals surface area contributed by atoms with Crippen molar-refractivity contribution < 1.29 is 14.3 Å². The standard InChI is InChI=1S/C11H14ClNO3/c1-13-6-9(14)7-4-10(15-2)11(16-3)5-8(7)12/h4-5,13H,6H2,1-3H3. The molecule has 88 valence electrons. The maximum absolute atomic E-state index is 11.7. The van der Waals surface area contributed by atoms with Crippen molar-refractivity contribution in [1.82, 2.24) is 5.32 Å². The summed E-state index contributed by atoms with van der Waals surface area (Å²) in [5, 5.41) is 3.14. The van der Waals surface area contributed by atoms with Gasteiger partial charge in [0.25, 0.3) is 0 Å². The van der Waals surface area contributed by atoms with Crippen molar-refractivity contribution in [2.75, 3.05) is 27.8 Å². The topological polar surface area (TPSA) is 47.6 Å². The van der Waals surface area contributed by atoms with E-state index < -0.39 is 0 Å². The maximum Gasteiger partial charge on any atom is 0.178 e. The normalized spacial score (nSPS) is 10.0. The second-order valence-electron chi connectivity index (χ2n) is 3.14. The van der Waals surface area contributed by atoms with Gasteiger partial charge in [-0.25, -0.2) is 0 Å². The molecule has 1 aromatic carbocycles. The predicted molar refractivity (Wildman–Crippen MR) is 62.8 cm³/mol. The van der Waals surface area contributed by atoms with E-state index in [1.165, 1.54) is 14.2 Å². The fourth-order valence-electron chi connectivity index (χ4n) is 1.32. The molecule has 5 heteroatoms. The molecule has 0 atom stereocenters. The summed E-state index contributed by atoms with van der Waals surface area (Å²) in [4.78, 5) is 11.7. The number of rotatable bonds is 5. The van der Waals surface area contributed by atoms with Crippen molar-refractivity contribution in [2.24, 2.45) is 0 Å². The Morgan fingerprint density at radius 2 is 1.88 bits per heavy atom. The number of ether oxygens (including phenoxy) is 2. The van der Waals surface area contributed by atoms with Gasteiger partial charge in [-0.2, -0.15) is 0 Å². The smallest absolute Gasteiger partial charge is 0.178 e. The number of hydrogen-bond acceptors (Lipinski definition) is 4. The van der Waals surface area contributed by atoms with E-state index in [4.69, 9.17) is 21.1 Å². The summed E-state index contributed by atoms with van der Waals surface area (Å²) in [7, 11) is 4.73. The highest BCUT2D eigenvalue weighted by Crippen LogP contribution is 2.33. The summed E-state index contributed by atoms with van der Waals surface area (Å²) >= 11 is 5.98. The van der Waals surface area contributed by atoms with Crippen LogP contribution in [-0.2, 0) is 0 Å². The minimum absolute atomic E-state index is 0.0894. The first-order valence-corrected chi connectivity index (χ1v) is 5.11. The summed E-state index contributed by atoms with van der Waals surface area (Å²) in [6.07, 6.45) is 0. The lowest BCUT2D eigenvalue weighted by Crippen LogP contribution is -2.19. The SMILES string of the molecule is CNCC(=O)c1cc(OC)c(OC)cc1Cl. The summed E-state index contributed by atoms with van der Waals surface area (Å²) in [6, 6.07) is 3.16. The number of carbonyl (C=O) groups is 1. The van der Waals surface area contributed by atoms with Gasteiger partial charge >= 0.3 is 0 Å². The van der Waals surface area contributed by atoms with Gasteiger partial charge in [-0.3, -0.25) is 4.79 Å². The van der Waals surface area contributed by atoms with Gasteiger partial charge in [0, 0.05) is 11.6 Å². The van der Waals surface area contributed by atoms with Gasteiger partial charge in [0.1, 0.15) is 0 Å². The first-order chi connectivity index (χ1) is 7.63. The molecule has 0 aliphatic heterocycles. The van der Waals surface area contributed by atoms with Gasteiger partial charge in [-0.15, -0.1) is 0 Å². The van der Waals surface area contributed by atoms with Gasteiger partial charge < -0.3 is 14.8 Å². The molecule has 0 fully saturated rings. The zero-order valence-corrected chi connectivity index (χ0v) is 10.2. The molecule has 0 saturated carbocycles. The van der Waals surface area contributed by atoms with Crippen molar-refractivity contribution in [3.05, 3.63) is 22.7 Å². The van der Waals surface area contributed by atoms with Crippen molar-refractivity contribution >= 4 is 17.4 Å². The van der Waals surface area contributed by atoms with Crippen LogP contribution in [0, 0.1) is 0 Å². The molecular weight excluding hydrogens is 230 g/mol. The Bertz CT molecular complexity index is 393. The highest BCUT2D eigenvalue weighted by Gasteiger charge is 2.14. The van der Waals surface area contributed by atoms with E-state index in [2.05, 4.69) is 5.32 Å². The lowest BCUT2D eigenvalue weighted by Gasteiger charge is -2.10. The molecule has 0 aliphatic rings. The molecule has 0 spiro atoms. The number of Topliss-reactive ketones (excluding diaryl/α,β-unsaturated/α-hetero) is 1. The highest BCUT2D eigenvalue weighted by molar-refractivity contribution is 6.34. The minimum atomic E-state index is -0.0894. The summed E-state index contributed by atoms with van der Waals surface area (Å²) in [5.41, 5.74) is 0.425. The second kappa shape index (κ2) is 5.72. The van der Waals surface area contributed by atoms with Gasteiger partial charge in [0.15, 0.2) is 17.3 Å². The third-order valence-electron chi connectivity index (χ3n) is 2.11. The summed E-state index contributed by atoms with van der Waals surface area (Å²) in [5.74, 6) is 0.910. The molecule has 0 saturated heterocycles. The molecule has 0 heterocycles. The Hall–Kier alpha value is -1.26. The summed E-state index contributed by atoms with van der Waals surface area (Å²) in [6.45, 7) is 0.231. The molecule has 0 radical (unpaired) electrons. The predicted octanol–water partition coefficient (Wildman–Crippen LogP) is 1.76. The molecule has 1 rings (SSSR count). The van der Waals surface area contributed by atoms with E-state index in [0.29, 0.717) is 22.1 Å². The summed E-state index contributed by atoms with van der Waals surface area (Å²) < 4.78 is 10.2. The van der Waals surface area contributed by atoms with Gasteiger partial charge in [-0.1, -0.05) is 11.6 Å². The Balaban J connectivity index is 3.15. The van der Waals surface area contributed by atoms with E-state index in [0.717, 1.165) is 0 Å². The van der Waals surface area contributed by atoms with Gasteiger partial charge in [0.05, 0.1) is 25.8 Å². The van der Waals surface area contributed by atoms with Crippen LogP contribution >= 0.6 is 11.6 Å². The fourth-order valence-corrected chi connectivity index (χ4v) is 1.58. The van der Waals surface area contributed by atoms with Gasteiger partial charge in [0.2, 0.25) is 0 Å². The zero-order chi connectivity index (χ0) is 12.1. The number of carbonyl (C=O) groups excluding carboxylic acids is 1. The molecule has 0 aromatic heterocycles. The lowest BCUT2D eigenvalue weighted by molar-refractivity contribution is 0.0993. The van der Waals surface area contributed by atoms with Crippen molar-refractivity contribution in [3.63, 3.8) is 0 Å². The molecule has 16 heavy (non-hydrogen) atoms. The van der Waals surface area contributed by atoms with Crippen LogP contribution in [0.1, 0.15) is 10.4 Å². The first-order valence-electron chi connectivity index (χ1n) is 4.73. The quantitative estimate of drug-likeness (QED) is 0.801. The van der Waals surface area contributed by atoms with Crippen LogP contribution in [0.25, 0.3) is 0 Å². The van der Waals surface area contributed by atoms with E-state index >= 15 is 0 Å². The fraction of sp³-hybridized carbons (Fsp3) is 0.364. The average Bonchev–Trinajstić information content (AvgIpc) is 2.28. The number of methoxy groups -OCH3 is 2. The number of hydrogen-bond donors (Lipinski definition) is 1. The third-order valence-corrected chi connectivity index (χ3v) is 2.42.